The first-order valence-electron chi connectivity index (χ1n) is 4.58. The van der Waals surface area contributed by atoms with Crippen molar-refractivity contribution in [1.29, 1.82) is 0 Å². The molecular weight excluding hydrogens is 202 g/mol. The summed E-state index contributed by atoms with van der Waals surface area (Å²) in [6, 6.07) is 1.92. The van der Waals surface area contributed by atoms with Gasteiger partial charge in [0.25, 0.3) is 0 Å². The molecule has 2 N–H and O–H groups in total. The summed E-state index contributed by atoms with van der Waals surface area (Å²) >= 11 is 0. The Bertz CT molecular complexity index is 410. The van der Waals surface area contributed by atoms with Crippen LogP contribution < -0.4 is 5.73 Å². The van der Waals surface area contributed by atoms with Crippen LogP contribution >= 0.6 is 0 Å². The van der Waals surface area contributed by atoms with E-state index in [9.17, 15) is 8.42 Å². The van der Waals surface area contributed by atoms with Crippen LogP contribution in [0.3, 0.4) is 0 Å². The lowest BCUT2D eigenvalue weighted by molar-refractivity contribution is 0.414. The Balaban J connectivity index is 2.09. The highest BCUT2D eigenvalue weighted by atomic mass is 32.2. The molecule has 0 aliphatic carbocycles. The highest BCUT2D eigenvalue weighted by Gasteiger charge is 2.24. The van der Waals surface area contributed by atoms with Crippen molar-refractivity contribution < 1.29 is 8.42 Å². The SMILES string of the molecule is Nc1ccn(C2CCS(=O)(=O)CC2)n1. The first-order chi connectivity index (χ1) is 6.57. The van der Waals surface area contributed by atoms with E-state index in [1.165, 1.54) is 0 Å². The van der Waals surface area contributed by atoms with E-state index in [1.54, 1.807) is 16.9 Å². The summed E-state index contributed by atoms with van der Waals surface area (Å²) in [4.78, 5) is 0. The number of nitrogen functional groups attached to an aromatic ring is 1. The summed E-state index contributed by atoms with van der Waals surface area (Å²) in [5.74, 6) is 1.01. The van der Waals surface area contributed by atoms with Gasteiger partial charge in [0.05, 0.1) is 17.5 Å². The molecule has 14 heavy (non-hydrogen) atoms. The van der Waals surface area contributed by atoms with Crippen LogP contribution in [0, 0.1) is 0 Å². The molecule has 78 valence electrons. The van der Waals surface area contributed by atoms with E-state index in [2.05, 4.69) is 5.10 Å². The van der Waals surface area contributed by atoms with Gasteiger partial charge in [0.15, 0.2) is 0 Å². The molecule has 0 amide bonds. The van der Waals surface area contributed by atoms with Crippen molar-refractivity contribution in [2.45, 2.75) is 18.9 Å². The predicted octanol–water partition coefficient (Wildman–Crippen LogP) is 0.215. The van der Waals surface area contributed by atoms with Gasteiger partial charge in [-0.1, -0.05) is 0 Å². The quantitative estimate of drug-likeness (QED) is 0.726. The second kappa shape index (κ2) is 3.27. The van der Waals surface area contributed by atoms with Crippen LogP contribution in [0.1, 0.15) is 18.9 Å². The molecule has 0 bridgehead atoms. The Morgan fingerprint density at radius 1 is 1.43 bits per heavy atom. The third-order valence-electron chi connectivity index (χ3n) is 2.53. The minimum Gasteiger partial charge on any atom is -0.382 e. The van der Waals surface area contributed by atoms with E-state index in [-0.39, 0.29) is 17.5 Å². The maximum Gasteiger partial charge on any atom is 0.150 e. The molecule has 1 aliphatic heterocycles. The van der Waals surface area contributed by atoms with Crippen LogP contribution in [0.5, 0.6) is 0 Å². The van der Waals surface area contributed by atoms with E-state index < -0.39 is 9.84 Å². The molecule has 1 saturated heterocycles. The predicted molar refractivity (Wildman–Crippen MR) is 53.6 cm³/mol. The van der Waals surface area contributed by atoms with Crippen LogP contribution in [-0.4, -0.2) is 29.7 Å². The van der Waals surface area contributed by atoms with Gasteiger partial charge in [-0.15, -0.1) is 0 Å². The van der Waals surface area contributed by atoms with Crippen LogP contribution in [-0.2, 0) is 9.84 Å². The summed E-state index contributed by atoms with van der Waals surface area (Å²) in [7, 11) is -2.79. The molecule has 1 aromatic rings. The first kappa shape index (κ1) is 9.51. The number of rotatable bonds is 1. The van der Waals surface area contributed by atoms with Gasteiger partial charge in [-0.25, -0.2) is 8.42 Å². The number of sulfone groups is 1. The van der Waals surface area contributed by atoms with Gasteiger partial charge in [0.1, 0.15) is 15.7 Å². The van der Waals surface area contributed by atoms with Gasteiger partial charge in [-0.2, -0.15) is 5.10 Å². The number of nitrogens with two attached hydrogens (primary N) is 1. The van der Waals surface area contributed by atoms with Gasteiger partial charge in [-0.3, -0.25) is 4.68 Å². The topological polar surface area (TPSA) is 78.0 Å². The molecule has 1 fully saturated rings. The van der Waals surface area contributed by atoms with E-state index in [4.69, 9.17) is 5.73 Å². The summed E-state index contributed by atoms with van der Waals surface area (Å²) in [5.41, 5.74) is 5.49. The second-order valence-corrected chi connectivity index (χ2v) is 5.91. The summed E-state index contributed by atoms with van der Waals surface area (Å²) in [5, 5.41) is 4.08. The normalized spacial score (nSPS) is 22.3. The molecule has 0 aromatic carbocycles. The Hall–Kier alpha value is -1.04. The van der Waals surface area contributed by atoms with Crippen LogP contribution in [0.2, 0.25) is 0 Å². The molecule has 0 saturated carbocycles. The Labute approximate surface area is 82.8 Å². The van der Waals surface area contributed by atoms with Crippen molar-refractivity contribution in [2.75, 3.05) is 17.2 Å². The van der Waals surface area contributed by atoms with E-state index >= 15 is 0 Å². The molecule has 0 radical (unpaired) electrons. The number of hydrogen-bond donors (Lipinski definition) is 1. The first-order valence-corrected chi connectivity index (χ1v) is 6.40. The Morgan fingerprint density at radius 2 is 2.07 bits per heavy atom. The zero-order valence-electron chi connectivity index (χ0n) is 7.76. The zero-order valence-corrected chi connectivity index (χ0v) is 8.57. The summed E-state index contributed by atoms with van der Waals surface area (Å²) in [6.45, 7) is 0. The molecular formula is C8H13N3O2S. The van der Waals surface area contributed by atoms with Crippen molar-refractivity contribution in [2.24, 2.45) is 0 Å². The molecule has 5 nitrogen and oxygen atoms in total. The number of anilines is 1. The maximum atomic E-state index is 11.2. The zero-order chi connectivity index (χ0) is 10.2. The van der Waals surface area contributed by atoms with E-state index in [1.807, 2.05) is 0 Å². The summed E-state index contributed by atoms with van der Waals surface area (Å²) in [6.07, 6.45) is 3.09. The monoisotopic (exact) mass is 215 g/mol. The highest BCUT2D eigenvalue weighted by Crippen LogP contribution is 2.23. The smallest absolute Gasteiger partial charge is 0.150 e. The van der Waals surface area contributed by atoms with Crippen molar-refractivity contribution in [3.63, 3.8) is 0 Å². The number of hydrogen-bond acceptors (Lipinski definition) is 4. The third kappa shape index (κ3) is 1.89. The van der Waals surface area contributed by atoms with Crippen molar-refractivity contribution >= 4 is 15.7 Å². The summed E-state index contributed by atoms with van der Waals surface area (Å²) < 4.78 is 24.1. The maximum absolute atomic E-state index is 11.2. The fourth-order valence-electron chi connectivity index (χ4n) is 1.70. The second-order valence-electron chi connectivity index (χ2n) is 3.60. The minimum atomic E-state index is -2.79. The molecule has 1 aromatic heterocycles. The average Bonchev–Trinajstić information content (AvgIpc) is 2.52. The van der Waals surface area contributed by atoms with E-state index in [0.717, 1.165) is 0 Å². The average molecular weight is 215 g/mol. The molecule has 0 unspecified atom stereocenters. The number of nitrogens with zero attached hydrogens (tertiary/aromatic N) is 2. The lowest BCUT2D eigenvalue weighted by atomic mass is 10.2. The molecule has 2 rings (SSSR count). The molecule has 1 aliphatic rings. The Kier molecular flexibility index (Phi) is 2.22. The molecule has 6 heteroatoms. The van der Waals surface area contributed by atoms with Gasteiger partial charge < -0.3 is 5.73 Å². The van der Waals surface area contributed by atoms with Crippen molar-refractivity contribution in [3.8, 4) is 0 Å². The fraction of sp³-hybridized carbons (Fsp3) is 0.625. The third-order valence-corrected chi connectivity index (χ3v) is 4.24. The van der Waals surface area contributed by atoms with Crippen molar-refractivity contribution in [3.05, 3.63) is 12.3 Å². The fourth-order valence-corrected chi connectivity index (χ4v) is 3.16. The molecule has 0 atom stereocenters. The standard InChI is InChI=1S/C8H13N3O2S/c9-8-1-4-11(10-8)7-2-5-14(12,13)6-3-7/h1,4,7H,2-3,5-6H2,(H2,9,10). The van der Waals surface area contributed by atoms with Crippen molar-refractivity contribution in [1.82, 2.24) is 9.78 Å². The lowest BCUT2D eigenvalue weighted by Gasteiger charge is -2.21. The van der Waals surface area contributed by atoms with Gasteiger partial charge in [0.2, 0.25) is 0 Å². The van der Waals surface area contributed by atoms with E-state index in [0.29, 0.717) is 18.7 Å². The molecule has 2 heterocycles. The lowest BCUT2D eigenvalue weighted by Crippen LogP contribution is -2.25. The highest BCUT2D eigenvalue weighted by molar-refractivity contribution is 7.91. The van der Waals surface area contributed by atoms with Gasteiger partial charge >= 0.3 is 0 Å². The van der Waals surface area contributed by atoms with Crippen LogP contribution in [0.15, 0.2) is 12.3 Å². The van der Waals surface area contributed by atoms with Crippen LogP contribution in [0.4, 0.5) is 5.82 Å². The molecule has 0 spiro atoms. The minimum absolute atomic E-state index is 0.191. The number of aromatic nitrogens is 2. The largest absolute Gasteiger partial charge is 0.382 e. The van der Waals surface area contributed by atoms with Crippen LogP contribution in [0.25, 0.3) is 0 Å². The van der Waals surface area contributed by atoms with Gasteiger partial charge in [-0.05, 0) is 18.9 Å². The Morgan fingerprint density at radius 3 is 2.57 bits per heavy atom. The van der Waals surface area contributed by atoms with Gasteiger partial charge in [0, 0.05) is 6.20 Å².